The van der Waals surface area contributed by atoms with Crippen molar-refractivity contribution >= 4 is 23.3 Å². The first-order chi connectivity index (χ1) is 11.0. The van der Waals surface area contributed by atoms with Gasteiger partial charge in [-0.3, -0.25) is 9.59 Å². The molecule has 1 heterocycles. The van der Waals surface area contributed by atoms with Crippen LogP contribution in [0.3, 0.4) is 0 Å². The van der Waals surface area contributed by atoms with E-state index < -0.39 is 6.10 Å². The third-order valence-corrected chi connectivity index (χ3v) is 3.64. The lowest BCUT2D eigenvalue weighted by atomic mass is 10.2. The highest BCUT2D eigenvalue weighted by Crippen LogP contribution is 2.19. The average Bonchev–Trinajstić information content (AvgIpc) is 2.56. The molecule has 1 fully saturated rings. The van der Waals surface area contributed by atoms with Crippen molar-refractivity contribution in [3.8, 4) is 0 Å². The SMILES string of the molecule is CC(C)C(=O)OC(C)C(=O)Nc1ccc(N2CCOCC2)cc1. The van der Waals surface area contributed by atoms with E-state index in [-0.39, 0.29) is 17.8 Å². The lowest BCUT2D eigenvalue weighted by molar-refractivity contribution is -0.156. The van der Waals surface area contributed by atoms with E-state index >= 15 is 0 Å². The Morgan fingerprint density at radius 2 is 1.74 bits per heavy atom. The molecule has 1 aromatic carbocycles. The molecule has 1 aliphatic rings. The molecule has 1 atom stereocenters. The first-order valence-electron chi connectivity index (χ1n) is 7.91. The van der Waals surface area contributed by atoms with Gasteiger partial charge in [0.15, 0.2) is 6.10 Å². The molecular weight excluding hydrogens is 296 g/mol. The molecule has 1 aliphatic heterocycles. The molecule has 1 unspecified atom stereocenters. The van der Waals surface area contributed by atoms with Crippen molar-refractivity contribution in [3.63, 3.8) is 0 Å². The van der Waals surface area contributed by atoms with Crippen molar-refractivity contribution in [3.05, 3.63) is 24.3 Å². The fourth-order valence-electron chi connectivity index (χ4n) is 2.18. The number of benzene rings is 1. The lowest BCUT2D eigenvalue weighted by Crippen LogP contribution is -2.36. The average molecular weight is 320 g/mol. The van der Waals surface area contributed by atoms with E-state index in [9.17, 15) is 9.59 Å². The molecule has 23 heavy (non-hydrogen) atoms. The van der Waals surface area contributed by atoms with Crippen LogP contribution < -0.4 is 10.2 Å². The number of hydrogen-bond donors (Lipinski definition) is 1. The van der Waals surface area contributed by atoms with Gasteiger partial charge in [0.2, 0.25) is 0 Å². The van der Waals surface area contributed by atoms with Crippen LogP contribution >= 0.6 is 0 Å². The van der Waals surface area contributed by atoms with Crippen LogP contribution in [0, 0.1) is 5.92 Å². The molecular formula is C17H24N2O4. The van der Waals surface area contributed by atoms with Crippen LogP contribution in [0.25, 0.3) is 0 Å². The van der Waals surface area contributed by atoms with Gasteiger partial charge >= 0.3 is 5.97 Å². The van der Waals surface area contributed by atoms with E-state index in [2.05, 4.69) is 10.2 Å². The van der Waals surface area contributed by atoms with E-state index in [0.717, 1.165) is 32.0 Å². The molecule has 2 rings (SSSR count). The Hall–Kier alpha value is -2.08. The van der Waals surface area contributed by atoms with Crippen LogP contribution in [-0.2, 0) is 19.1 Å². The Kier molecular flexibility index (Phi) is 5.98. The molecule has 0 saturated carbocycles. The molecule has 1 saturated heterocycles. The number of nitrogens with zero attached hydrogens (tertiary/aromatic N) is 1. The van der Waals surface area contributed by atoms with Gasteiger partial charge in [-0.15, -0.1) is 0 Å². The Morgan fingerprint density at radius 3 is 2.30 bits per heavy atom. The van der Waals surface area contributed by atoms with Gasteiger partial charge in [-0.2, -0.15) is 0 Å². The van der Waals surface area contributed by atoms with Gasteiger partial charge in [-0.1, -0.05) is 13.8 Å². The molecule has 6 nitrogen and oxygen atoms in total. The van der Waals surface area contributed by atoms with Crippen molar-refractivity contribution < 1.29 is 19.1 Å². The van der Waals surface area contributed by atoms with Gasteiger partial charge in [0.05, 0.1) is 19.1 Å². The Balaban J connectivity index is 1.89. The Morgan fingerprint density at radius 1 is 1.13 bits per heavy atom. The number of rotatable bonds is 5. The zero-order valence-electron chi connectivity index (χ0n) is 13.9. The summed E-state index contributed by atoms with van der Waals surface area (Å²) in [5, 5.41) is 2.76. The predicted octanol–water partition coefficient (Wildman–Crippen LogP) is 2.05. The first-order valence-corrected chi connectivity index (χ1v) is 7.91. The normalized spacial score (nSPS) is 16.1. The maximum atomic E-state index is 12.0. The first kappa shape index (κ1) is 17.3. The summed E-state index contributed by atoms with van der Waals surface area (Å²) in [5.41, 5.74) is 1.78. The number of carbonyl (C=O) groups is 2. The minimum atomic E-state index is -0.816. The van der Waals surface area contributed by atoms with Crippen molar-refractivity contribution in [1.29, 1.82) is 0 Å². The zero-order chi connectivity index (χ0) is 16.8. The van der Waals surface area contributed by atoms with E-state index in [4.69, 9.17) is 9.47 Å². The van der Waals surface area contributed by atoms with Crippen LogP contribution in [0.4, 0.5) is 11.4 Å². The van der Waals surface area contributed by atoms with Crippen LogP contribution in [0.15, 0.2) is 24.3 Å². The van der Waals surface area contributed by atoms with Crippen molar-refractivity contribution in [2.45, 2.75) is 26.9 Å². The molecule has 126 valence electrons. The molecule has 6 heteroatoms. The summed E-state index contributed by atoms with van der Waals surface area (Å²) in [7, 11) is 0. The maximum absolute atomic E-state index is 12.0. The molecule has 1 aromatic rings. The van der Waals surface area contributed by atoms with Crippen molar-refractivity contribution in [2.75, 3.05) is 36.5 Å². The van der Waals surface area contributed by atoms with Crippen LogP contribution in [-0.4, -0.2) is 44.3 Å². The highest BCUT2D eigenvalue weighted by Gasteiger charge is 2.19. The van der Waals surface area contributed by atoms with Gasteiger partial charge < -0.3 is 19.7 Å². The zero-order valence-corrected chi connectivity index (χ0v) is 13.9. The summed E-state index contributed by atoms with van der Waals surface area (Å²) < 4.78 is 10.4. The molecule has 0 radical (unpaired) electrons. The Bertz CT molecular complexity index is 536. The van der Waals surface area contributed by atoms with Crippen LogP contribution in [0.1, 0.15) is 20.8 Å². The topological polar surface area (TPSA) is 67.9 Å². The molecule has 0 aromatic heterocycles. The quantitative estimate of drug-likeness (QED) is 0.841. The van der Waals surface area contributed by atoms with Crippen molar-refractivity contribution in [2.24, 2.45) is 5.92 Å². The number of ether oxygens (including phenoxy) is 2. The van der Waals surface area contributed by atoms with Crippen LogP contribution in [0.5, 0.6) is 0 Å². The number of carbonyl (C=O) groups excluding carboxylic acids is 2. The second-order valence-electron chi connectivity index (χ2n) is 5.87. The maximum Gasteiger partial charge on any atom is 0.309 e. The van der Waals surface area contributed by atoms with E-state index in [0.29, 0.717) is 5.69 Å². The minimum absolute atomic E-state index is 0.252. The fraction of sp³-hybridized carbons (Fsp3) is 0.529. The molecule has 0 bridgehead atoms. The smallest absolute Gasteiger partial charge is 0.309 e. The van der Waals surface area contributed by atoms with E-state index in [1.165, 1.54) is 0 Å². The number of hydrogen-bond acceptors (Lipinski definition) is 5. The van der Waals surface area contributed by atoms with Gasteiger partial charge in [0, 0.05) is 24.5 Å². The van der Waals surface area contributed by atoms with Crippen LogP contribution in [0.2, 0.25) is 0 Å². The molecule has 0 aliphatic carbocycles. The molecule has 0 spiro atoms. The lowest BCUT2D eigenvalue weighted by Gasteiger charge is -2.28. The third kappa shape index (κ3) is 4.96. The number of morpholine rings is 1. The summed E-state index contributed by atoms with van der Waals surface area (Å²) in [6.07, 6.45) is -0.816. The summed E-state index contributed by atoms with van der Waals surface area (Å²) in [4.78, 5) is 25.8. The second-order valence-corrected chi connectivity index (χ2v) is 5.87. The number of amides is 1. The summed E-state index contributed by atoms with van der Waals surface area (Å²) in [6, 6.07) is 7.62. The second kappa shape index (κ2) is 7.97. The monoisotopic (exact) mass is 320 g/mol. The molecule has 1 N–H and O–H groups in total. The van der Waals surface area contributed by atoms with Gasteiger partial charge in [-0.25, -0.2) is 0 Å². The van der Waals surface area contributed by atoms with E-state index in [1.807, 2.05) is 24.3 Å². The van der Waals surface area contributed by atoms with Gasteiger partial charge in [0.1, 0.15) is 0 Å². The molecule has 1 amide bonds. The number of esters is 1. The summed E-state index contributed by atoms with van der Waals surface area (Å²) in [6.45, 7) is 8.24. The van der Waals surface area contributed by atoms with Crippen molar-refractivity contribution in [1.82, 2.24) is 0 Å². The number of nitrogens with one attached hydrogen (secondary N) is 1. The fourth-order valence-corrected chi connectivity index (χ4v) is 2.18. The largest absolute Gasteiger partial charge is 0.452 e. The third-order valence-electron chi connectivity index (χ3n) is 3.64. The summed E-state index contributed by atoms with van der Waals surface area (Å²) >= 11 is 0. The van der Waals surface area contributed by atoms with Gasteiger partial charge in [0.25, 0.3) is 5.91 Å². The highest BCUT2D eigenvalue weighted by atomic mass is 16.5. The Labute approximate surface area is 136 Å². The van der Waals surface area contributed by atoms with Gasteiger partial charge in [-0.05, 0) is 31.2 Å². The summed E-state index contributed by atoms with van der Waals surface area (Å²) in [5.74, 6) is -0.966. The highest BCUT2D eigenvalue weighted by molar-refractivity contribution is 5.95. The number of anilines is 2. The minimum Gasteiger partial charge on any atom is -0.452 e. The standard InChI is InChI=1S/C17H24N2O4/c1-12(2)17(21)23-13(3)16(20)18-14-4-6-15(7-5-14)19-8-10-22-11-9-19/h4-7,12-13H,8-11H2,1-3H3,(H,18,20). The predicted molar refractivity (Wildman–Crippen MR) is 88.5 cm³/mol. The van der Waals surface area contributed by atoms with E-state index in [1.54, 1.807) is 20.8 Å².